The minimum Gasteiger partial charge on any atom is -0.497 e. The molecule has 3 nitrogen and oxygen atoms in total. The van der Waals surface area contributed by atoms with Gasteiger partial charge in [0, 0.05) is 5.56 Å². The van der Waals surface area contributed by atoms with Gasteiger partial charge in [-0.1, -0.05) is 0 Å². The Morgan fingerprint density at radius 2 is 1.93 bits per heavy atom. The first-order chi connectivity index (χ1) is 7.02. The summed E-state index contributed by atoms with van der Waals surface area (Å²) >= 11 is 0. The molecule has 0 saturated carbocycles. The van der Waals surface area contributed by atoms with Crippen molar-refractivity contribution in [2.45, 2.75) is 12.0 Å². The molecule has 1 aromatic rings. The van der Waals surface area contributed by atoms with E-state index in [1.807, 2.05) is 0 Å². The van der Waals surface area contributed by atoms with Crippen LogP contribution >= 0.6 is 0 Å². The molecule has 0 aromatic heterocycles. The summed E-state index contributed by atoms with van der Waals surface area (Å²) < 4.78 is 31.6. The third kappa shape index (κ3) is 2.22. The van der Waals surface area contributed by atoms with E-state index in [2.05, 4.69) is 0 Å². The highest BCUT2D eigenvalue weighted by atomic mass is 19.3. The van der Waals surface area contributed by atoms with Crippen molar-refractivity contribution in [1.29, 1.82) is 5.26 Å². The number of nitrogens with zero attached hydrogens (tertiary/aromatic N) is 1. The maximum atomic E-state index is 13.4. The molecule has 0 aliphatic carbocycles. The van der Waals surface area contributed by atoms with Crippen molar-refractivity contribution in [2.75, 3.05) is 7.11 Å². The fourth-order valence-corrected chi connectivity index (χ4v) is 1.07. The summed E-state index contributed by atoms with van der Waals surface area (Å²) in [6.07, 6.45) is 0. The second-order valence-electron chi connectivity index (χ2n) is 2.96. The van der Waals surface area contributed by atoms with Crippen LogP contribution in [0.15, 0.2) is 24.3 Å². The number of alkyl halides is 2. The molecule has 5 heteroatoms. The Labute approximate surface area is 86.1 Å². The molecule has 0 amide bonds. The minimum absolute atomic E-state index is 0.294. The normalized spacial score (nSPS) is 13.0. The third-order valence-corrected chi connectivity index (χ3v) is 2.00. The van der Waals surface area contributed by atoms with Gasteiger partial charge in [-0.25, -0.2) is 0 Å². The fourth-order valence-electron chi connectivity index (χ4n) is 1.07. The molecule has 0 bridgehead atoms. The Hall–Kier alpha value is -1.67. The molecule has 15 heavy (non-hydrogen) atoms. The van der Waals surface area contributed by atoms with Gasteiger partial charge in [0.15, 0.2) is 6.04 Å². The van der Waals surface area contributed by atoms with Crippen LogP contribution in [0.3, 0.4) is 0 Å². The zero-order valence-corrected chi connectivity index (χ0v) is 8.08. The van der Waals surface area contributed by atoms with Gasteiger partial charge in [0.2, 0.25) is 0 Å². The lowest BCUT2D eigenvalue weighted by atomic mass is 10.0. The van der Waals surface area contributed by atoms with Gasteiger partial charge < -0.3 is 10.5 Å². The average Bonchev–Trinajstić information content (AvgIpc) is 2.28. The molecule has 0 saturated heterocycles. The molecule has 0 heterocycles. The van der Waals surface area contributed by atoms with Crippen LogP contribution in [0, 0.1) is 11.3 Å². The van der Waals surface area contributed by atoms with E-state index in [1.54, 1.807) is 0 Å². The number of ether oxygens (including phenoxy) is 1. The van der Waals surface area contributed by atoms with Gasteiger partial charge in [-0.15, -0.1) is 0 Å². The first-order valence-corrected chi connectivity index (χ1v) is 4.20. The summed E-state index contributed by atoms with van der Waals surface area (Å²) in [4.78, 5) is 0. The van der Waals surface area contributed by atoms with Crippen LogP contribution in [0.2, 0.25) is 0 Å². The summed E-state index contributed by atoms with van der Waals surface area (Å²) in [6.45, 7) is 0. The minimum atomic E-state index is -3.35. The average molecular weight is 212 g/mol. The smallest absolute Gasteiger partial charge is 0.301 e. The maximum Gasteiger partial charge on any atom is 0.301 e. The topological polar surface area (TPSA) is 59.0 Å². The highest BCUT2D eigenvalue weighted by Gasteiger charge is 2.39. The van der Waals surface area contributed by atoms with Crippen molar-refractivity contribution in [3.63, 3.8) is 0 Å². The summed E-state index contributed by atoms with van der Waals surface area (Å²) in [7, 11) is 1.44. The van der Waals surface area contributed by atoms with Crippen LogP contribution in [-0.4, -0.2) is 13.2 Å². The number of methoxy groups -OCH3 is 1. The Kier molecular flexibility index (Phi) is 3.22. The van der Waals surface area contributed by atoms with E-state index in [0.29, 0.717) is 5.75 Å². The number of rotatable bonds is 3. The molecule has 0 spiro atoms. The maximum absolute atomic E-state index is 13.4. The van der Waals surface area contributed by atoms with Crippen LogP contribution in [0.1, 0.15) is 5.56 Å². The number of hydrogen-bond acceptors (Lipinski definition) is 3. The van der Waals surface area contributed by atoms with Crippen LogP contribution < -0.4 is 10.5 Å². The van der Waals surface area contributed by atoms with Gasteiger partial charge in [0.1, 0.15) is 5.75 Å². The van der Waals surface area contributed by atoms with Crippen molar-refractivity contribution in [2.24, 2.45) is 5.73 Å². The monoisotopic (exact) mass is 212 g/mol. The molecular formula is C10H10F2N2O. The molecule has 1 aromatic carbocycles. The number of nitrogens with two attached hydrogens (primary N) is 1. The predicted octanol–water partition coefficient (Wildman–Crippen LogP) is 1.64. The van der Waals surface area contributed by atoms with E-state index in [9.17, 15) is 8.78 Å². The molecule has 1 rings (SSSR count). The Bertz CT molecular complexity index is 370. The van der Waals surface area contributed by atoms with Gasteiger partial charge in [-0.05, 0) is 24.3 Å². The molecule has 0 radical (unpaired) electrons. The van der Waals surface area contributed by atoms with E-state index in [1.165, 1.54) is 37.4 Å². The van der Waals surface area contributed by atoms with Gasteiger partial charge in [0.25, 0.3) is 0 Å². The summed E-state index contributed by atoms with van der Waals surface area (Å²) in [5.41, 5.74) is 4.72. The van der Waals surface area contributed by atoms with Crippen molar-refractivity contribution in [1.82, 2.24) is 0 Å². The second-order valence-corrected chi connectivity index (χ2v) is 2.96. The van der Waals surface area contributed by atoms with E-state index in [4.69, 9.17) is 15.7 Å². The van der Waals surface area contributed by atoms with E-state index < -0.39 is 12.0 Å². The van der Waals surface area contributed by atoms with Crippen molar-refractivity contribution >= 4 is 0 Å². The second kappa shape index (κ2) is 4.24. The van der Waals surface area contributed by atoms with E-state index in [0.717, 1.165) is 0 Å². The van der Waals surface area contributed by atoms with Crippen molar-refractivity contribution in [3.8, 4) is 11.8 Å². The molecule has 0 aliphatic rings. The Morgan fingerprint density at radius 3 is 2.33 bits per heavy atom. The SMILES string of the molecule is COc1ccc(C(F)(F)C(N)C#N)cc1. The number of halogens is 2. The molecular weight excluding hydrogens is 202 g/mol. The van der Waals surface area contributed by atoms with Crippen LogP contribution in [0.5, 0.6) is 5.75 Å². The van der Waals surface area contributed by atoms with Crippen molar-refractivity contribution < 1.29 is 13.5 Å². The zero-order valence-electron chi connectivity index (χ0n) is 8.08. The molecule has 0 fully saturated rings. The third-order valence-electron chi connectivity index (χ3n) is 2.00. The molecule has 80 valence electrons. The Balaban J connectivity index is 3.01. The largest absolute Gasteiger partial charge is 0.497 e. The fraction of sp³-hybridized carbons (Fsp3) is 0.300. The van der Waals surface area contributed by atoms with Crippen LogP contribution in [-0.2, 0) is 5.92 Å². The van der Waals surface area contributed by atoms with Crippen LogP contribution in [0.4, 0.5) is 8.78 Å². The summed E-state index contributed by atoms with van der Waals surface area (Å²) in [5.74, 6) is -2.87. The number of nitriles is 1. The molecule has 2 N–H and O–H groups in total. The lowest BCUT2D eigenvalue weighted by Gasteiger charge is -2.18. The predicted molar refractivity (Wildman–Crippen MR) is 50.5 cm³/mol. The highest BCUT2D eigenvalue weighted by molar-refractivity contribution is 5.31. The highest BCUT2D eigenvalue weighted by Crippen LogP contribution is 2.31. The van der Waals surface area contributed by atoms with Crippen LogP contribution in [0.25, 0.3) is 0 Å². The first kappa shape index (κ1) is 11.4. The van der Waals surface area contributed by atoms with Gasteiger partial charge in [-0.2, -0.15) is 14.0 Å². The number of benzene rings is 1. The summed E-state index contributed by atoms with van der Waals surface area (Å²) in [5, 5.41) is 8.35. The van der Waals surface area contributed by atoms with E-state index >= 15 is 0 Å². The van der Waals surface area contributed by atoms with Gasteiger partial charge >= 0.3 is 5.92 Å². The van der Waals surface area contributed by atoms with Gasteiger partial charge in [-0.3, -0.25) is 0 Å². The Morgan fingerprint density at radius 1 is 1.40 bits per heavy atom. The summed E-state index contributed by atoms with van der Waals surface area (Å²) in [6, 6.07) is 4.66. The zero-order chi connectivity index (χ0) is 11.5. The number of hydrogen-bond donors (Lipinski definition) is 1. The molecule has 0 aliphatic heterocycles. The standard InChI is InChI=1S/C10H10F2N2O/c1-15-8-4-2-7(3-5-8)10(11,12)9(14)6-13/h2-5,9H,14H2,1H3. The van der Waals surface area contributed by atoms with Gasteiger partial charge in [0.05, 0.1) is 13.2 Å². The molecule has 1 atom stereocenters. The van der Waals surface area contributed by atoms with Crippen molar-refractivity contribution in [3.05, 3.63) is 29.8 Å². The quantitative estimate of drug-likeness (QED) is 0.828. The first-order valence-electron chi connectivity index (χ1n) is 4.20. The van der Waals surface area contributed by atoms with E-state index in [-0.39, 0.29) is 5.56 Å². The lowest BCUT2D eigenvalue weighted by molar-refractivity contribution is -0.0148. The lowest BCUT2D eigenvalue weighted by Crippen LogP contribution is -2.37. The molecule has 1 unspecified atom stereocenters.